The van der Waals surface area contributed by atoms with E-state index in [0.717, 1.165) is 77.5 Å². The largest absolute Gasteiger partial charge is 2.00 e. The molecule has 0 N–H and O–H groups in total. The van der Waals surface area contributed by atoms with Gasteiger partial charge in [0.1, 0.15) is 11.2 Å². The minimum Gasteiger partial charge on any atom is -0.500 e. The fraction of sp³-hybridized carbons (Fsp3) is 0.150. The second-order valence-electron chi connectivity index (χ2n) is 12.1. The molecule has 0 aliphatic rings. The first-order valence-electron chi connectivity index (χ1n) is 15.3. The smallest absolute Gasteiger partial charge is 0.500 e. The third-order valence-electron chi connectivity index (χ3n) is 8.36. The zero-order valence-electron chi connectivity index (χ0n) is 25.8. The monoisotopic (exact) mass is 781 g/mol. The molecule has 6 heteroatoms. The number of aromatic nitrogens is 2. The van der Waals surface area contributed by atoms with E-state index in [9.17, 15) is 0 Å². The van der Waals surface area contributed by atoms with E-state index in [1.807, 2.05) is 60.7 Å². The summed E-state index contributed by atoms with van der Waals surface area (Å²) in [5.41, 5.74) is 8.88. The first-order valence-corrected chi connectivity index (χ1v) is 15.3. The minimum atomic E-state index is 0. The molecule has 0 bridgehead atoms. The second-order valence-corrected chi connectivity index (χ2v) is 12.1. The van der Waals surface area contributed by atoms with Crippen molar-refractivity contribution in [2.24, 2.45) is 0 Å². The number of benzene rings is 4. The summed E-state index contributed by atoms with van der Waals surface area (Å²) in [6.07, 6.45) is 0. The topological polar surface area (TPSA) is 61.3 Å². The summed E-state index contributed by atoms with van der Waals surface area (Å²) < 4.78 is 18.6. The summed E-state index contributed by atoms with van der Waals surface area (Å²) in [5, 5.41) is 4.21. The molecule has 4 aromatic heterocycles. The predicted octanol–water partition coefficient (Wildman–Crippen LogP) is 11.2. The first kappa shape index (κ1) is 30.0. The van der Waals surface area contributed by atoms with Crippen LogP contribution in [0.3, 0.4) is 0 Å². The number of nitrogens with zero attached hydrogens (tertiary/aromatic N) is 2. The van der Waals surface area contributed by atoms with Crippen LogP contribution in [0.2, 0.25) is 0 Å². The van der Waals surface area contributed by atoms with E-state index in [1.165, 1.54) is 0 Å². The van der Waals surface area contributed by atoms with Gasteiger partial charge in [0.25, 0.3) is 0 Å². The number of ether oxygens (including phenoxy) is 1. The molecule has 0 radical (unpaired) electrons. The van der Waals surface area contributed by atoms with Crippen LogP contribution < -0.4 is 4.74 Å². The minimum absolute atomic E-state index is 0. The average Bonchev–Trinajstić information content (AvgIpc) is 3.62. The molecule has 5 nitrogen and oxygen atoms in total. The van der Waals surface area contributed by atoms with Gasteiger partial charge in [-0.25, -0.2) is 0 Å². The fourth-order valence-corrected chi connectivity index (χ4v) is 5.84. The molecule has 0 aliphatic heterocycles. The molecule has 0 fully saturated rings. The van der Waals surface area contributed by atoms with Crippen molar-refractivity contribution in [3.8, 4) is 34.3 Å². The molecule has 0 spiro atoms. The zero-order chi connectivity index (χ0) is 30.7. The van der Waals surface area contributed by atoms with Crippen molar-refractivity contribution in [1.82, 2.24) is 9.97 Å². The summed E-state index contributed by atoms with van der Waals surface area (Å²) >= 11 is 0. The maximum absolute atomic E-state index is 6.48. The van der Waals surface area contributed by atoms with E-state index < -0.39 is 0 Å². The third-order valence-corrected chi connectivity index (χ3v) is 8.36. The normalized spacial score (nSPS) is 11.7. The Balaban J connectivity index is 0.00000338. The molecule has 228 valence electrons. The molecule has 0 unspecified atom stereocenters. The summed E-state index contributed by atoms with van der Waals surface area (Å²) in [6, 6.07) is 39.1. The number of furan rings is 2. The van der Waals surface area contributed by atoms with E-state index >= 15 is 0 Å². The van der Waals surface area contributed by atoms with Crippen LogP contribution in [-0.4, -0.2) is 9.97 Å². The van der Waals surface area contributed by atoms with Gasteiger partial charge in [0.15, 0.2) is 0 Å². The van der Waals surface area contributed by atoms with Gasteiger partial charge in [-0.2, -0.15) is 0 Å². The second kappa shape index (κ2) is 11.9. The van der Waals surface area contributed by atoms with Crippen molar-refractivity contribution in [2.75, 3.05) is 0 Å². The molecule has 4 heterocycles. The Labute approximate surface area is 281 Å². The van der Waals surface area contributed by atoms with Gasteiger partial charge in [-0.05, 0) is 46.5 Å². The number of para-hydroxylation sites is 2. The van der Waals surface area contributed by atoms with Gasteiger partial charge in [0.2, 0.25) is 11.8 Å². The standard InChI is InChI=1S/C40H30N2O3.Pt/c1-23(2)27-19-33(25-13-15-37-31(17-25)29-9-5-7-11-35(29)43-37)41-39(21-27)45-40-22-28(24(3)4)20-34(42-40)26-14-16-38-32(18-26)30-10-6-8-12-36(30)44-38;/h5-12,15-24H,1-4H3;/q-2;+2. The average molecular weight is 782 g/mol. The van der Waals surface area contributed by atoms with Crippen molar-refractivity contribution in [3.05, 3.63) is 120 Å². The molecule has 0 atom stereocenters. The predicted molar refractivity (Wildman–Crippen MR) is 180 cm³/mol. The Morgan fingerprint density at radius 2 is 0.978 bits per heavy atom. The molecule has 0 aliphatic carbocycles. The number of fused-ring (bicyclic) bond motifs is 6. The zero-order valence-corrected chi connectivity index (χ0v) is 28.1. The van der Waals surface area contributed by atoms with E-state index in [1.54, 1.807) is 0 Å². The SMILES string of the molecule is CC(C)c1cc(Oc2cc(C(C)C)cc(-c3[c-]cc4oc5ccccc5c4c3)n2)nc(-c2[c-]cc3oc4ccccc4c3c2)c1.[Pt+2]. The maximum Gasteiger partial charge on any atom is 2.00 e. The van der Waals surface area contributed by atoms with Crippen LogP contribution in [0.5, 0.6) is 11.8 Å². The molecule has 4 aromatic carbocycles. The van der Waals surface area contributed by atoms with Gasteiger partial charge in [-0.15, -0.1) is 47.5 Å². The molecular formula is C40H30N2O3Pt. The molecule has 0 saturated heterocycles. The van der Waals surface area contributed by atoms with Crippen LogP contribution in [0.1, 0.15) is 50.7 Å². The van der Waals surface area contributed by atoms with Crippen molar-refractivity contribution in [3.63, 3.8) is 0 Å². The van der Waals surface area contributed by atoms with Gasteiger partial charge in [0, 0.05) is 22.9 Å². The van der Waals surface area contributed by atoms with Crippen LogP contribution in [0.15, 0.2) is 106 Å². The van der Waals surface area contributed by atoms with Crippen molar-refractivity contribution in [1.29, 1.82) is 0 Å². The Bertz CT molecular complexity index is 2220. The van der Waals surface area contributed by atoms with E-state index in [4.69, 9.17) is 23.5 Å². The van der Waals surface area contributed by atoms with Gasteiger partial charge in [-0.1, -0.05) is 87.0 Å². The van der Waals surface area contributed by atoms with Crippen molar-refractivity contribution in [2.45, 2.75) is 39.5 Å². The van der Waals surface area contributed by atoms with Crippen molar-refractivity contribution >= 4 is 43.9 Å². The molecule has 0 amide bonds. The summed E-state index contributed by atoms with van der Waals surface area (Å²) in [5.74, 6) is 1.51. The Morgan fingerprint density at radius 1 is 0.543 bits per heavy atom. The summed E-state index contributed by atoms with van der Waals surface area (Å²) in [6.45, 7) is 8.67. The summed E-state index contributed by atoms with van der Waals surface area (Å²) in [4.78, 5) is 9.91. The molecule has 46 heavy (non-hydrogen) atoms. The number of pyridine rings is 2. The Hall–Kier alpha value is -4.73. The van der Waals surface area contributed by atoms with E-state index in [-0.39, 0.29) is 32.9 Å². The third kappa shape index (κ3) is 5.39. The molecule has 8 rings (SSSR count). The van der Waals surface area contributed by atoms with Gasteiger partial charge in [0.05, 0.1) is 11.2 Å². The molecular weight excluding hydrogens is 752 g/mol. The van der Waals surface area contributed by atoms with Crippen LogP contribution in [0.25, 0.3) is 66.4 Å². The van der Waals surface area contributed by atoms with Crippen LogP contribution in [0, 0.1) is 12.1 Å². The molecule has 0 saturated carbocycles. The van der Waals surface area contributed by atoms with Gasteiger partial charge < -0.3 is 13.6 Å². The first-order chi connectivity index (χ1) is 21.9. The number of rotatable bonds is 6. The Morgan fingerprint density at radius 3 is 1.41 bits per heavy atom. The number of hydrogen-bond donors (Lipinski definition) is 0. The summed E-state index contributed by atoms with van der Waals surface area (Å²) in [7, 11) is 0. The number of hydrogen-bond acceptors (Lipinski definition) is 5. The van der Waals surface area contributed by atoms with Gasteiger partial charge in [-0.3, -0.25) is 9.97 Å². The van der Waals surface area contributed by atoms with Crippen molar-refractivity contribution < 1.29 is 34.6 Å². The van der Waals surface area contributed by atoms with Crippen LogP contribution in [-0.2, 0) is 21.1 Å². The quantitative estimate of drug-likeness (QED) is 0.157. The van der Waals surface area contributed by atoms with E-state index in [2.05, 4.69) is 76.2 Å². The maximum atomic E-state index is 6.48. The fourth-order valence-electron chi connectivity index (χ4n) is 5.84. The molecule has 8 aromatic rings. The van der Waals surface area contributed by atoms with Gasteiger partial charge >= 0.3 is 21.1 Å². The Kier molecular flexibility index (Phi) is 7.74. The van der Waals surface area contributed by atoms with E-state index in [0.29, 0.717) is 11.8 Å². The van der Waals surface area contributed by atoms with Crippen LogP contribution >= 0.6 is 0 Å². The van der Waals surface area contributed by atoms with Crippen LogP contribution in [0.4, 0.5) is 0 Å².